The summed E-state index contributed by atoms with van der Waals surface area (Å²) < 4.78 is 0.898. The molecule has 1 aliphatic heterocycles. The van der Waals surface area contributed by atoms with E-state index in [1.54, 1.807) is 0 Å². The minimum absolute atomic E-state index is 0.139. The largest absolute Gasteiger partial charge is 0.274 e. The first kappa shape index (κ1) is 22.4. The standard InChI is InChI=1S/C32H23BrN2O2/c1-19-7-6-8-21(17-19)34-18-32-25-11-4-2-9-23(25)27(24-10-3-5-12-26(24)32)28-29(32)31(37)35(30(28)36)22-15-13-20(33)14-16-22/h2-18,27-29H,1H3/t27?,28-,29+,32?/m1/s1. The second kappa shape index (κ2) is 8.09. The molecule has 0 spiro atoms. The monoisotopic (exact) mass is 546 g/mol. The first-order chi connectivity index (χ1) is 18.0. The smallest absolute Gasteiger partial charge is 0.239 e. The van der Waals surface area contributed by atoms with Crippen LogP contribution in [0.2, 0.25) is 0 Å². The summed E-state index contributed by atoms with van der Waals surface area (Å²) in [4.78, 5) is 34.9. The number of hydrogen-bond donors (Lipinski definition) is 0. The van der Waals surface area contributed by atoms with Gasteiger partial charge in [0.2, 0.25) is 11.8 Å². The van der Waals surface area contributed by atoms with Crippen molar-refractivity contribution in [2.75, 3.05) is 4.90 Å². The predicted molar refractivity (Wildman–Crippen MR) is 148 cm³/mol. The highest BCUT2D eigenvalue weighted by atomic mass is 79.9. The van der Waals surface area contributed by atoms with Crippen LogP contribution in [0.25, 0.3) is 0 Å². The highest BCUT2D eigenvalue weighted by molar-refractivity contribution is 9.10. The van der Waals surface area contributed by atoms with Gasteiger partial charge < -0.3 is 0 Å². The van der Waals surface area contributed by atoms with Gasteiger partial charge in [-0.15, -0.1) is 0 Å². The molecule has 1 saturated heterocycles. The number of benzene rings is 4. The SMILES string of the molecule is Cc1cccc(N=CC23c4ccccc4C(c4ccccc42)[C@H]2C(=O)N(c4ccc(Br)cc4)C(=O)[C@H]23)c1. The molecule has 0 radical (unpaired) electrons. The molecule has 0 saturated carbocycles. The van der Waals surface area contributed by atoms with Crippen LogP contribution in [0.15, 0.2) is 107 Å². The molecule has 0 unspecified atom stereocenters. The van der Waals surface area contributed by atoms with Crippen LogP contribution in [0.1, 0.15) is 33.7 Å². The van der Waals surface area contributed by atoms with Crippen LogP contribution in [-0.2, 0) is 15.0 Å². The number of anilines is 1. The molecular formula is C32H23BrN2O2. The number of amides is 2. The van der Waals surface area contributed by atoms with E-state index < -0.39 is 17.3 Å². The second-order valence-corrected chi connectivity index (χ2v) is 11.0. The van der Waals surface area contributed by atoms with Crippen molar-refractivity contribution in [1.82, 2.24) is 0 Å². The third kappa shape index (κ3) is 3.04. The summed E-state index contributed by atoms with van der Waals surface area (Å²) in [6, 6.07) is 32.0. The number of halogens is 1. The first-order valence-electron chi connectivity index (χ1n) is 12.4. The van der Waals surface area contributed by atoms with E-state index in [-0.39, 0.29) is 17.7 Å². The maximum Gasteiger partial charge on any atom is 0.239 e. The molecule has 2 amide bonds. The van der Waals surface area contributed by atoms with Crippen molar-refractivity contribution in [1.29, 1.82) is 0 Å². The maximum absolute atomic E-state index is 14.3. The number of rotatable bonds is 3. The maximum atomic E-state index is 14.3. The molecule has 4 aliphatic rings. The van der Waals surface area contributed by atoms with Gasteiger partial charge in [-0.25, -0.2) is 4.90 Å². The van der Waals surface area contributed by atoms with Crippen molar-refractivity contribution in [3.05, 3.63) is 129 Å². The van der Waals surface area contributed by atoms with E-state index in [1.807, 2.05) is 85.9 Å². The number of imide groups is 1. The lowest BCUT2D eigenvalue weighted by Crippen LogP contribution is -2.54. The third-order valence-electron chi connectivity index (χ3n) is 8.19. The Morgan fingerprint density at radius 3 is 2.11 bits per heavy atom. The molecule has 1 fully saturated rings. The molecule has 4 aromatic rings. The molecule has 0 N–H and O–H groups in total. The zero-order chi connectivity index (χ0) is 25.3. The quantitative estimate of drug-likeness (QED) is 0.212. The molecule has 8 rings (SSSR count). The van der Waals surface area contributed by atoms with Gasteiger partial charge in [-0.2, -0.15) is 0 Å². The molecule has 1 heterocycles. The van der Waals surface area contributed by atoms with E-state index in [2.05, 4.69) is 40.2 Å². The Labute approximate surface area is 223 Å². The molecule has 180 valence electrons. The molecule has 37 heavy (non-hydrogen) atoms. The first-order valence-corrected chi connectivity index (χ1v) is 13.2. The molecule has 2 bridgehead atoms. The van der Waals surface area contributed by atoms with Crippen LogP contribution in [0.3, 0.4) is 0 Å². The van der Waals surface area contributed by atoms with Crippen LogP contribution in [0.5, 0.6) is 0 Å². The van der Waals surface area contributed by atoms with Crippen LogP contribution >= 0.6 is 15.9 Å². The van der Waals surface area contributed by atoms with E-state index in [1.165, 1.54) is 4.90 Å². The summed E-state index contributed by atoms with van der Waals surface area (Å²) in [7, 11) is 0. The number of carbonyl (C=O) groups is 2. The minimum atomic E-state index is -0.854. The average molecular weight is 547 g/mol. The number of nitrogens with zero attached hydrogens (tertiary/aromatic N) is 2. The van der Waals surface area contributed by atoms with Gasteiger partial charge in [0, 0.05) is 16.6 Å². The Kier molecular flexibility index (Phi) is 4.89. The van der Waals surface area contributed by atoms with E-state index in [9.17, 15) is 9.59 Å². The van der Waals surface area contributed by atoms with Gasteiger partial charge in [0.1, 0.15) is 0 Å². The summed E-state index contributed by atoms with van der Waals surface area (Å²) in [6.07, 6.45) is 1.95. The number of carbonyl (C=O) groups excluding carboxylic acids is 2. The van der Waals surface area contributed by atoms with Gasteiger partial charge in [0.15, 0.2) is 0 Å². The molecular weight excluding hydrogens is 524 g/mol. The Morgan fingerprint density at radius 2 is 1.46 bits per heavy atom. The van der Waals surface area contributed by atoms with E-state index in [0.29, 0.717) is 5.69 Å². The fourth-order valence-electron chi connectivity index (χ4n) is 6.78. The van der Waals surface area contributed by atoms with Crippen molar-refractivity contribution in [2.24, 2.45) is 16.8 Å². The van der Waals surface area contributed by atoms with Gasteiger partial charge in [-0.1, -0.05) is 76.6 Å². The number of aryl methyl sites for hydroxylation is 1. The summed E-state index contributed by atoms with van der Waals surface area (Å²) in [5, 5.41) is 0. The third-order valence-corrected chi connectivity index (χ3v) is 8.72. The van der Waals surface area contributed by atoms with E-state index in [4.69, 9.17) is 4.99 Å². The van der Waals surface area contributed by atoms with Gasteiger partial charge >= 0.3 is 0 Å². The molecule has 4 nitrogen and oxygen atoms in total. The number of aliphatic imine (C=N–C) groups is 1. The molecule has 2 atom stereocenters. The summed E-state index contributed by atoms with van der Waals surface area (Å²) >= 11 is 3.46. The Bertz CT molecular complexity index is 1580. The lowest BCUT2D eigenvalue weighted by atomic mass is 9.47. The number of hydrogen-bond acceptors (Lipinski definition) is 3. The molecule has 4 aromatic carbocycles. The molecule has 0 aromatic heterocycles. The Balaban J connectivity index is 1.50. The zero-order valence-electron chi connectivity index (χ0n) is 20.1. The average Bonchev–Trinajstić information content (AvgIpc) is 3.19. The normalized spacial score (nSPS) is 25.4. The van der Waals surface area contributed by atoms with E-state index >= 15 is 0 Å². The Hall–Kier alpha value is -3.83. The van der Waals surface area contributed by atoms with Crippen molar-refractivity contribution in [3.8, 4) is 0 Å². The van der Waals surface area contributed by atoms with Crippen LogP contribution in [0, 0.1) is 18.8 Å². The highest BCUT2D eigenvalue weighted by Gasteiger charge is 2.67. The summed E-state index contributed by atoms with van der Waals surface area (Å²) in [6.45, 7) is 2.04. The lowest BCUT2D eigenvalue weighted by Gasteiger charge is -2.52. The molecule has 5 heteroatoms. The van der Waals surface area contributed by atoms with Crippen LogP contribution in [0.4, 0.5) is 11.4 Å². The summed E-state index contributed by atoms with van der Waals surface area (Å²) in [5.41, 5.74) is 6.04. The van der Waals surface area contributed by atoms with Gasteiger partial charge in [0.25, 0.3) is 0 Å². The zero-order valence-corrected chi connectivity index (χ0v) is 21.7. The summed E-state index contributed by atoms with van der Waals surface area (Å²) in [5.74, 6) is -1.55. The lowest BCUT2D eigenvalue weighted by molar-refractivity contribution is -0.122. The minimum Gasteiger partial charge on any atom is -0.274 e. The second-order valence-electron chi connectivity index (χ2n) is 10.1. The highest BCUT2D eigenvalue weighted by Crippen LogP contribution is 2.63. The van der Waals surface area contributed by atoms with Gasteiger partial charge in [0.05, 0.1) is 28.6 Å². The predicted octanol–water partition coefficient (Wildman–Crippen LogP) is 6.71. The van der Waals surface area contributed by atoms with Crippen molar-refractivity contribution in [3.63, 3.8) is 0 Å². The van der Waals surface area contributed by atoms with E-state index in [0.717, 1.165) is 38.0 Å². The van der Waals surface area contributed by atoms with Gasteiger partial charge in [-0.3, -0.25) is 14.6 Å². The fourth-order valence-corrected chi connectivity index (χ4v) is 7.04. The molecule has 3 aliphatic carbocycles. The van der Waals surface area contributed by atoms with Gasteiger partial charge in [-0.05, 0) is 71.1 Å². The van der Waals surface area contributed by atoms with Crippen molar-refractivity contribution < 1.29 is 9.59 Å². The Morgan fingerprint density at radius 1 is 0.811 bits per heavy atom. The van der Waals surface area contributed by atoms with Crippen LogP contribution in [-0.4, -0.2) is 18.0 Å². The topological polar surface area (TPSA) is 49.7 Å². The fraction of sp³-hybridized carbons (Fsp3) is 0.156. The van der Waals surface area contributed by atoms with Crippen LogP contribution < -0.4 is 4.90 Å². The van der Waals surface area contributed by atoms with Crippen molar-refractivity contribution >= 4 is 45.3 Å². The van der Waals surface area contributed by atoms with Crippen molar-refractivity contribution in [2.45, 2.75) is 18.3 Å².